The average molecular weight is 299 g/mol. The van der Waals surface area contributed by atoms with Crippen LogP contribution in [0.4, 0.5) is 0 Å². The zero-order valence-corrected chi connectivity index (χ0v) is 13.1. The summed E-state index contributed by atoms with van der Waals surface area (Å²) in [5.41, 5.74) is 2.27. The van der Waals surface area contributed by atoms with E-state index in [1.807, 2.05) is 31.2 Å². The fourth-order valence-electron chi connectivity index (χ4n) is 1.95. The van der Waals surface area contributed by atoms with Crippen LogP contribution < -0.4 is 14.8 Å². The summed E-state index contributed by atoms with van der Waals surface area (Å²) in [7, 11) is 1.61. The molecule has 0 bridgehead atoms. The van der Waals surface area contributed by atoms with E-state index in [1.165, 1.54) is 5.56 Å². The maximum absolute atomic E-state index is 12.0. The summed E-state index contributed by atoms with van der Waals surface area (Å²) in [6, 6.07) is 15.2. The van der Waals surface area contributed by atoms with Crippen LogP contribution in [0.3, 0.4) is 0 Å². The molecule has 1 atom stereocenters. The van der Waals surface area contributed by atoms with Crippen molar-refractivity contribution in [1.82, 2.24) is 5.32 Å². The Labute approximate surface area is 131 Å². The van der Waals surface area contributed by atoms with Crippen LogP contribution in [-0.4, -0.2) is 19.1 Å². The molecule has 0 aromatic heterocycles. The number of amides is 1. The largest absolute Gasteiger partial charge is 0.497 e. The average Bonchev–Trinajstić information content (AvgIpc) is 2.54. The molecule has 2 aromatic rings. The molecule has 0 spiro atoms. The van der Waals surface area contributed by atoms with Crippen molar-refractivity contribution in [1.29, 1.82) is 0 Å². The Morgan fingerprint density at radius 2 is 1.64 bits per heavy atom. The highest BCUT2D eigenvalue weighted by atomic mass is 16.5. The summed E-state index contributed by atoms with van der Waals surface area (Å²) in [6.45, 7) is 4.26. The molecule has 4 nitrogen and oxygen atoms in total. The molecule has 0 saturated heterocycles. The van der Waals surface area contributed by atoms with E-state index in [0.717, 1.165) is 11.3 Å². The molecule has 0 radical (unpaired) electrons. The Morgan fingerprint density at radius 3 is 2.23 bits per heavy atom. The molecule has 4 heteroatoms. The highest BCUT2D eigenvalue weighted by Gasteiger charge is 2.14. The number of benzene rings is 2. The molecule has 2 aromatic carbocycles. The van der Waals surface area contributed by atoms with Crippen molar-refractivity contribution in [2.75, 3.05) is 7.11 Å². The van der Waals surface area contributed by atoms with E-state index in [9.17, 15) is 4.79 Å². The number of ether oxygens (including phenoxy) is 2. The standard InChI is InChI=1S/C18H21NO3/c1-13-4-6-15(7-5-13)12-19-18(20)14(2)22-17-10-8-16(21-3)9-11-17/h4-11,14H,12H2,1-3H3,(H,19,20)/t14-/m1/s1. The highest BCUT2D eigenvalue weighted by Crippen LogP contribution is 2.18. The van der Waals surface area contributed by atoms with Crippen molar-refractivity contribution in [2.24, 2.45) is 0 Å². The molecular weight excluding hydrogens is 278 g/mol. The first kappa shape index (κ1) is 15.9. The Kier molecular flexibility index (Phi) is 5.42. The molecule has 1 N–H and O–H groups in total. The lowest BCUT2D eigenvalue weighted by Crippen LogP contribution is -2.35. The molecule has 0 aliphatic heterocycles. The van der Waals surface area contributed by atoms with E-state index >= 15 is 0 Å². The van der Waals surface area contributed by atoms with E-state index in [0.29, 0.717) is 12.3 Å². The number of rotatable bonds is 6. The Bertz CT molecular complexity index is 605. The van der Waals surface area contributed by atoms with E-state index in [-0.39, 0.29) is 5.91 Å². The van der Waals surface area contributed by atoms with Crippen LogP contribution in [0.2, 0.25) is 0 Å². The van der Waals surface area contributed by atoms with E-state index < -0.39 is 6.10 Å². The first-order chi connectivity index (χ1) is 10.6. The Morgan fingerprint density at radius 1 is 1.05 bits per heavy atom. The fourth-order valence-corrected chi connectivity index (χ4v) is 1.95. The third kappa shape index (κ3) is 4.52. The van der Waals surface area contributed by atoms with Crippen LogP contribution in [-0.2, 0) is 11.3 Å². The van der Waals surface area contributed by atoms with E-state index in [1.54, 1.807) is 38.3 Å². The van der Waals surface area contributed by atoms with Gasteiger partial charge in [0.05, 0.1) is 7.11 Å². The van der Waals surface area contributed by atoms with Crippen LogP contribution >= 0.6 is 0 Å². The summed E-state index contributed by atoms with van der Waals surface area (Å²) in [5, 5.41) is 2.87. The maximum atomic E-state index is 12.0. The van der Waals surface area contributed by atoms with Gasteiger partial charge in [0.15, 0.2) is 6.10 Å². The van der Waals surface area contributed by atoms with Crippen LogP contribution in [0, 0.1) is 6.92 Å². The lowest BCUT2D eigenvalue weighted by Gasteiger charge is -2.15. The predicted octanol–water partition coefficient (Wildman–Crippen LogP) is 3.09. The summed E-state index contributed by atoms with van der Waals surface area (Å²) in [5.74, 6) is 1.25. The summed E-state index contributed by atoms with van der Waals surface area (Å²) in [6.07, 6.45) is -0.557. The Balaban J connectivity index is 1.84. The smallest absolute Gasteiger partial charge is 0.261 e. The van der Waals surface area contributed by atoms with Crippen molar-refractivity contribution in [3.8, 4) is 11.5 Å². The van der Waals surface area contributed by atoms with Gasteiger partial charge in [-0.3, -0.25) is 4.79 Å². The van der Waals surface area contributed by atoms with Crippen molar-refractivity contribution in [3.63, 3.8) is 0 Å². The molecule has 2 rings (SSSR count). The van der Waals surface area contributed by atoms with Gasteiger partial charge in [0.1, 0.15) is 11.5 Å². The van der Waals surface area contributed by atoms with Gasteiger partial charge in [-0.1, -0.05) is 29.8 Å². The first-order valence-electron chi connectivity index (χ1n) is 7.22. The quantitative estimate of drug-likeness (QED) is 0.891. The second-order valence-corrected chi connectivity index (χ2v) is 5.14. The van der Waals surface area contributed by atoms with Crippen LogP contribution in [0.15, 0.2) is 48.5 Å². The number of hydrogen-bond acceptors (Lipinski definition) is 3. The number of methoxy groups -OCH3 is 1. The second kappa shape index (κ2) is 7.50. The van der Waals surface area contributed by atoms with E-state index in [2.05, 4.69) is 5.32 Å². The minimum Gasteiger partial charge on any atom is -0.497 e. The summed E-state index contributed by atoms with van der Waals surface area (Å²) >= 11 is 0. The van der Waals surface area contributed by atoms with Gasteiger partial charge in [0.2, 0.25) is 0 Å². The first-order valence-corrected chi connectivity index (χ1v) is 7.22. The van der Waals surface area contributed by atoms with Crippen LogP contribution in [0.1, 0.15) is 18.1 Å². The van der Waals surface area contributed by atoms with Crippen molar-refractivity contribution >= 4 is 5.91 Å². The van der Waals surface area contributed by atoms with Crippen molar-refractivity contribution in [3.05, 3.63) is 59.7 Å². The number of hydrogen-bond donors (Lipinski definition) is 1. The van der Waals surface area contributed by atoms with Gasteiger partial charge in [-0.15, -0.1) is 0 Å². The summed E-state index contributed by atoms with van der Waals surface area (Å²) in [4.78, 5) is 12.0. The van der Waals surface area contributed by atoms with Gasteiger partial charge >= 0.3 is 0 Å². The second-order valence-electron chi connectivity index (χ2n) is 5.14. The number of carbonyl (C=O) groups is 1. The highest BCUT2D eigenvalue weighted by molar-refractivity contribution is 5.80. The van der Waals surface area contributed by atoms with Gasteiger partial charge in [0.25, 0.3) is 5.91 Å². The van der Waals surface area contributed by atoms with Crippen LogP contribution in [0.25, 0.3) is 0 Å². The molecule has 0 aliphatic carbocycles. The normalized spacial score (nSPS) is 11.6. The zero-order chi connectivity index (χ0) is 15.9. The Hall–Kier alpha value is -2.49. The summed E-state index contributed by atoms with van der Waals surface area (Å²) < 4.78 is 10.7. The van der Waals surface area contributed by atoms with Crippen molar-refractivity contribution < 1.29 is 14.3 Å². The zero-order valence-electron chi connectivity index (χ0n) is 13.1. The fraction of sp³-hybridized carbons (Fsp3) is 0.278. The predicted molar refractivity (Wildman–Crippen MR) is 86.1 cm³/mol. The van der Waals surface area contributed by atoms with Crippen LogP contribution in [0.5, 0.6) is 11.5 Å². The lowest BCUT2D eigenvalue weighted by molar-refractivity contribution is -0.127. The number of aryl methyl sites for hydroxylation is 1. The van der Waals surface area contributed by atoms with Gasteiger partial charge < -0.3 is 14.8 Å². The molecule has 0 aliphatic rings. The number of carbonyl (C=O) groups excluding carboxylic acids is 1. The monoisotopic (exact) mass is 299 g/mol. The lowest BCUT2D eigenvalue weighted by atomic mass is 10.1. The molecule has 1 amide bonds. The third-order valence-electron chi connectivity index (χ3n) is 3.33. The molecule has 0 saturated carbocycles. The van der Waals surface area contributed by atoms with Gasteiger partial charge in [0, 0.05) is 6.54 Å². The molecule has 0 unspecified atom stereocenters. The van der Waals surface area contributed by atoms with Gasteiger partial charge in [-0.05, 0) is 43.7 Å². The molecular formula is C18H21NO3. The maximum Gasteiger partial charge on any atom is 0.261 e. The molecule has 22 heavy (non-hydrogen) atoms. The number of nitrogens with one attached hydrogen (secondary N) is 1. The van der Waals surface area contributed by atoms with E-state index in [4.69, 9.17) is 9.47 Å². The molecule has 116 valence electrons. The SMILES string of the molecule is COc1ccc(O[C@H](C)C(=O)NCc2ccc(C)cc2)cc1. The topological polar surface area (TPSA) is 47.6 Å². The van der Waals surface area contributed by atoms with Gasteiger partial charge in [-0.25, -0.2) is 0 Å². The minimum atomic E-state index is -0.557. The third-order valence-corrected chi connectivity index (χ3v) is 3.33. The minimum absolute atomic E-state index is 0.142. The van der Waals surface area contributed by atoms with Crippen molar-refractivity contribution in [2.45, 2.75) is 26.5 Å². The molecule has 0 fully saturated rings. The van der Waals surface area contributed by atoms with Gasteiger partial charge in [-0.2, -0.15) is 0 Å². The molecule has 0 heterocycles.